The first-order valence-corrected chi connectivity index (χ1v) is 22.8. The minimum absolute atomic E-state index is 0.0391. The third kappa shape index (κ3) is 14.9. The van der Waals surface area contributed by atoms with E-state index >= 15 is 0 Å². The number of Topliss-reactive ketones (excluding diaryl/α,β-unsaturated/α-hetero) is 2. The maximum absolute atomic E-state index is 14.0. The van der Waals surface area contributed by atoms with Crippen molar-refractivity contribution in [2.24, 2.45) is 0 Å². The number of hydrogen-bond donors (Lipinski definition) is 1. The normalized spacial score (nSPS) is 12.8. The molecule has 0 spiro atoms. The van der Waals surface area contributed by atoms with E-state index < -0.39 is 31.9 Å². The van der Waals surface area contributed by atoms with Gasteiger partial charge in [-0.1, -0.05) is 47.6 Å². The number of esters is 1. The van der Waals surface area contributed by atoms with Gasteiger partial charge in [-0.15, -0.1) is 0 Å². The van der Waals surface area contributed by atoms with Gasteiger partial charge in [-0.2, -0.15) is 9.59 Å². The van der Waals surface area contributed by atoms with Crippen molar-refractivity contribution in [3.63, 3.8) is 0 Å². The lowest BCUT2D eigenvalue weighted by atomic mass is 9.97. The smallest absolute Gasteiger partial charge is 0.407 e. The molecule has 1 N–H and O–H groups in total. The van der Waals surface area contributed by atoms with Gasteiger partial charge in [0.25, 0.3) is 0 Å². The quantitative estimate of drug-likeness (QED) is 0.0645. The molecule has 0 bridgehead atoms. The molecule has 320 valence electrons. The van der Waals surface area contributed by atoms with Crippen LogP contribution >= 0.6 is 0 Å². The lowest BCUT2D eigenvalue weighted by Crippen LogP contribution is -2.41. The van der Waals surface area contributed by atoms with Gasteiger partial charge in [0.2, 0.25) is 5.89 Å². The Morgan fingerprint density at radius 1 is 0.828 bits per heavy atom. The van der Waals surface area contributed by atoms with E-state index in [0.717, 1.165) is 30.7 Å². The monoisotopic (exact) mass is 826 g/mol. The SMILES string of the molecule is CCCc1oc(C(CC)CC(=O)c2cccc(C(=O)CC(CO[Si](C)(C)C(C)(C)C)c3nc(C(=O)OCC)c(CCNC(=O)OC(C)(C)C)o3)n2)nc1CC.O=C=O. The number of pyridine rings is 1. The lowest BCUT2D eigenvalue weighted by Gasteiger charge is -2.37. The molecule has 0 aliphatic carbocycles. The number of alkyl carbamates (subject to hydrolysis) is 1. The Kier molecular flexibility index (Phi) is 19.0. The van der Waals surface area contributed by atoms with Gasteiger partial charge in [0, 0.05) is 44.8 Å². The van der Waals surface area contributed by atoms with Crippen LogP contribution in [0.2, 0.25) is 18.1 Å². The Morgan fingerprint density at radius 3 is 1.91 bits per heavy atom. The number of ether oxygens (including phenoxy) is 2. The van der Waals surface area contributed by atoms with E-state index in [1.165, 1.54) is 0 Å². The lowest BCUT2D eigenvalue weighted by molar-refractivity contribution is -0.191. The van der Waals surface area contributed by atoms with Crippen LogP contribution in [0.4, 0.5) is 4.79 Å². The second-order valence-electron chi connectivity index (χ2n) is 16.4. The van der Waals surface area contributed by atoms with Crippen LogP contribution in [-0.2, 0) is 42.8 Å². The number of rotatable bonds is 20. The van der Waals surface area contributed by atoms with Crippen molar-refractivity contribution >= 4 is 38.1 Å². The van der Waals surface area contributed by atoms with Crippen molar-refractivity contribution in [1.82, 2.24) is 20.3 Å². The first kappa shape index (κ1) is 49.4. The molecule has 2 unspecified atom stereocenters. The van der Waals surface area contributed by atoms with Gasteiger partial charge >= 0.3 is 18.2 Å². The summed E-state index contributed by atoms with van der Waals surface area (Å²) in [6.07, 6.45) is 2.89. The standard InChI is InChI=1S/C41H62N4O9Si.CO2/c1-13-18-33-28(15-3)44-36(52-33)26(14-2)23-31(46)29-19-17-20-30(43-29)32(47)24-27(25-51-55(11,12)41(8,9)10)37-45-35(38(48)50-16-4)34(53-37)21-22-42-39(49)54-40(5,6)7;2-1-3/h17,19-20,26-27H,13-16,18,21-25H2,1-12H3,(H,42,49);. The number of nitrogens with one attached hydrogen (secondary N) is 1. The summed E-state index contributed by atoms with van der Waals surface area (Å²) in [4.78, 5) is 82.9. The number of amides is 1. The number of hydrogen-bond acceptors (Lipinski definition) is 14. The number of aryl methyl sites for hydroxylation is 2. The van der Waals surface area contributed by atoms with Gasteiger partial charge in [-0.25, -0.2) is 24.5 Å². The van der Waals surface area contributed by atoms with Gasteiger partial charge < -0.3 is 28.1 Å². The summed E-state index contributed by atoms with van der Waals surface area (Å²) in [7, 11) is -2.31. The zero-order chi connectivity index (χ0) is 43.8. The van der Waals surface area contributed by atoms with Gasteiger partial charge in [-0.3, -0.25) is 9.59 Å². The van der Waals surface area contributed by atoms with Crippen LogP contribution in [0.1, 0.15) is 167 Å². The average Bonchev–Trinajstić information content (AvgIpc) is 3.76. The zero-order valence-corrected chi connectivity index (χ0v) is 37.3. The molecule has 3 aromatic rings. The van der Waals surface area contributed by atoms with Crippen LogP contribution in [-0.4, -0.2) is 78.4 Å². The minimum Gasteiger partial charge on any atom is -0.461 e. The van der Waals surface area contributed by atoms with E-state index in [9.17, 15) is 19.2 Å². The minimum atomic E-state index is -2.31. The van der Waals surface area contributed by atoms with Gasteiger partial charge in [0.05, 0.1) is 18.2 Å². The summed E-state index contributed by atoms with van der Waals surface area (Å²) in [5.74, 6) is -0.435. The molecule has 15 nitrogen and oxygen atoms in total. The number of nitrogens with zero attached hydrogens (tertiary/aromatic N) is 3. The number of carbonyl (C=O) groups is 4. The Balaban J connectivity index is 0.00000374. The third-order valence-electron chi connectivity index (χ3n) is 9.64. The number of aromatic nitrogens is 3. The molecule has 1 amide bonds. The van der Waals surface area contributed by atoms with Gasteiger partial charge in [0.1, 0.15) is 28.5 Å². The van der Waals surface area contributed by atoms with Gasteiger partial charge in [0.15, 0.2) is 31.5 Å². The van der Waals surface area contributed by atoms with Crippen molar-refractivity contribution in [1.29, 1.82) is 0 Å². The fourth-order valence-electron chi connectivity index (χ4n) is 5.49. The Bertz CT molecular complexity index is 1860. The average molecular weight is 827 g/mol. The van der Waals surface area contributed by atoms with Crippen LogP contribution in [0.5, 0.6) is 0 Å². The van der Waals surface area contributed by atoms with E-state index in [0.29, 0.717) is 12.3 Å². The second kappa shape index (κ2) is 22.4. The maximum atomic E-state index is 14.0. The topological polar surface area (TPSA) is 207 Å². The van der Waals surface area contributed by atoms with E-state index in [1.54, 1.807) is 45.9 Å². The highest BCUT2D eigenvalue weighted by Gasteiger charge is 2.39. The van der Waals surface area contributed by atoms with Crippen LogP contribution in [0.25, 0.3) is 0 Å². The van der Waals surface area contributed by atoms with Gasteiger partial charge in [-0.05, 0) is 77.2 Å². The summed E-state index contributed by atoms with van der Waals surface area (Å²) in [5, 5.41) is 2.55. The van der Waals surface area contributed by atoms with Crippen LogP contribution in [0, 0.1) is 0 Å². The predicted molar refractivity (Wildman–Crippen MR) is 216 cm³/mol. The molecular formula is C42H62N4O11Si. The Hall–Kier alpha value is -4.79. The largest absolute Gasteiger partial charge is 0.461 e. The molecule has 0 saturated carbocycles. The molecule has 0 radical (unpaired) electrons. The number of oxazole rings is 2. The highest BCUT2D eigenvalue weighted by Crippen LogP contribution is 2.38. The zero-order valence-electron chi connectivity index (χ0n) is 36.3. The molecule has 16 heteroatoms. The molecule has 3 heterocycles. The van der Waals surface area contributed by atoms with Crippen molar-refractivity contribution in [3.05, 3.63) is 64.3 Å². The van der Waals surface area contributed by atoms with Crippen LogP contribution < -0.4 is 5.32 Å². The first-order valence-electron chi connectivity index (χ1n) is 19.9. The third-order valence-corrected chi connectivity index (χ3v) is 14.1. The summed E-state index contributed by atoms with van der Waals surface area (Å²) < 4.78 is 29.5. The van der Waals surface area contributed by atoms with Crippen molar-refractivity contribution in [2.75, 3.05) is 19.8 Å². The van der Waals surface area contributed by atoms with E-state index in [1.807, 2.05) is 13.8 Å². The highest BCUT2D eigenvalue weighted by molar-refractivity contribution is 6.74. The number of ketones is 2. The molecule has 0 saturated heterocycles. The van der Waals surface area contributed by atoms with Crippen LogP contribution in [0.15, 0.2) is 27.0 Å². The summed E-state index contributed by atoms with van der Waals surface area (Å²) in [6, 6.07) is 4.83. The molecule has 0 aromatic carbocycles. The maximum Gasteiger partial charge on any atom is 0.407 e. The molecule has 0 aliphatic heterocycles. The van der Waals surface area contributed by atoms with E-state index in [4.69, 9.17) is 37.3 Å². The Morgan fingerprint density at radius 2 is 1.40 bits per heavy atom. The van der Waals surface area contributed by atoms with E-state index in [2.05, 4.69) is 56.1 Å². The summed E-state index contributed by atoms with van der Waals surface area (Å²) >= 11 is 0. The summed E-state index contributed by atoms with van der Waals surface area (Å²) in [6.45, 7) is 23.9. The molecule has 0 aliphatic rings. The van der Waals surface area contributed by atoms with Crippen molar-refractivity contribution in [3.8, 4) is 0 Å². The number of carbonyl (C=O) groups excluding carboxylic acids is 6. The van der Waals surface area contributed by atoms with Crippen molar-refractivity contribution < 1.29 is 51.5 Å². The van der Waals surface area contributed by atoms with Crippen molar-refractivity contribution in [2.45, 2.75) is 150 Å². The highest BCUT2D eigenvalue weighted by atomic mass is 28.4. The first-order chi connectivity index (χ1) is 27.1. The predicted octanol–water partition coefficient (Wildman–Crippen LogP) is 8.38. The molecular weight excluding hydrogens is 765 g/mol. The Labute approximate surface area is 342 Å². The molecule has 3 rings (SSSR count). The summed E-state index contributed by atoms with van der Waals surface area (Å²) in [5.41, 5.74) is 0.491. The van der Waals surface area contributed by atoms with E-state index in [-0.39, 0.29) is 96.4 Å². The molecule has 3 aromatic heterocycles. The fourth-order valence-corrected chi connectivity index (χ4v) is 6.54. The molecule has 58 heavy (non-hydrogen) atoms. The second-order valence-corrected chi connectivity index (χ2v) is 21.2. The van der Waals surface area contributed by atoms with Crippen LogP contribution in [0.3, 0.4) is 0 Å². The molecule has 2 atom stereocenters. The fraction of sp³-hybridized carbons (Fsp3) is 0.619. The molecule has 0 fully saturated rings.